The fourth-order valence-corrected chi connectivity index (χ4v) is 1.53. The van der Waals surface area contributed by atoms with Crippen molar-refractivity contribution >= 4 is 5.71 Å². The van der Waals surface area contributed by atoms with E-state index in [4.69, 9.17) is 19.6 Å². The van der Waals surface area contributed by atoms with Crippen LogP contribution in [-0.2, 0) is 14.3 Å². The Morgan fingerprint density at radius 1 is 1.33 bits per heavy atom. The summed E-state index contributed by atoms with van der Waals surface area (Å²) >= 11 is 0. The predicted octanol–water partition coefficient (Wildman–Crippen LogP) is 1.69. The van der Waals surface area contributed by atoms with E-state index in [0.29, 0.717) is 13.2 Å². The zero-order chi connectivity index (χ0) is 12.6. The first kappa shape index (κ1) is 12.6. The van der Waals surface area contributed by atoms with Gasteiger partial charge in [0.15, 0.2) is 18.6 Å². The molecule has 0 unspecified atom stereocenters. The van der Waals surface area contributed by atoms with Crippen LogP contribution < -0.4 is 0 Å². The normalized spacial score (nSPS) is 17.2. The van der Waals surface area contributed by atoms with E-state index >= 15 is 0 Å². The van der Waals surface area contributed by atoms with Crippen molar-refractivity contribution in [3.05, 3.63) is 35.9 Å². The van der Waals surface area contributed by atoms with Gasteiger partial charge in [0.1, 0.15) is 6.07 Å². The molecule has 0 saturated carbocycles. The maximum atomic E-state index is 8.99. The lowest BCUT2D eigenvalue weighted by Crippen LogP contribution is -2.28. The molecule has 0 aliphatic carbocycles. The van der Waals surface area contributed by atoms with Gasteiger partial charge in [-0.15, -0.1) is 0 Å². The van der Waals surface area contributed by atoms with Gasteiger partial charge in [0.25, 0.3) is 0 Å². The molecule has 1 aromatic rings. The third-order valence-corrected chi connectivity index (χ3v) is 2.42. The minimum absolute atomic E-state index is 0.192. The van der Waals surface area contributed by atoms with Gasteiger partial charge in [-0.05, 0) is 6.42 Å². The third-order valence-electron chi connectivity index (χ3n) is 2.42. The number of hydrogen-bond donors (Lipinski definition) is 0. The van der Waals surface area contributed by atoms with E-state index < -0.39 is 6.29 Å². The van der Waals surface area contributed by atoms with Crippen molar-refractivity contribution in [2.24, 2.45) is 5.16 Å². The molecule has 0 spiro atoms. The molecule has 2 rings (SSSR count). The van der Waals surface area contributed by atoms with Crippen LogP contribution in [0.25, 0.3) is 0 Å². The lowest BCUT2D eigenvalue weighted by Gasteiger charge is -2.21. The van der Waals surface area contributed by atoms with Crippen molar-refractivity contribution in [2.75, 3.05) is 19.8 Å². The molecule has 1 aromatic carbocycles. The highest BCUT2D eigenvalue weighted by atomic mass is 16.7. The average molecular weight is 246 g/mol. The molecule has 1 fully saturated rings. The van der Waals surface area contributed by atoms with E-state index in [1.165, 1.54) is 0 Å². The van der Waals surface area contributed by atoms with Gasteiger partial charge in [0.05, 0.1) is 13.2 Å². The first-order valence-corrected chi connectivity index (χ1v) is 5.79. The Kier molecular flexibility index (Phi) is 4.70. The molecule has 5 heteroatoms. The van der Waals surface area contributed by atoms with Crippen LogP contribution in [0.4, 0.5) is 0 Å². The highest BCUT2D eigenvalue weighted by molar-refractivity contribution is 6.11. The summed E-state index contributed by atoms with van der Waals surface area (Å²) in [5, 5.41) is 12.8. The minimum Gasteiger partial charge on any atom is -0.389 e. The SMILES string of the molecule is N#C/C(=N\OCC1OCCCO1)c1ccccc1. The molecule has 94 valence electrons. The van der Waals surface area contributed by atoms with Crippen molar-refractivity contribution in [1.29, 1.82) is 5.26 Å². The first-order chi connectivity index (χ1) is 8.90. The molecule has 0 atom stereocenters. The zero-order valence-electron chi connectivity index (χ0n) is 9.91. The smallest absolute Gasteiger partial charge is 0.194 e. The van der Waals surface area contributed by atoms with Crippen molar-refractivity contribution in [1.82, 2.24) is 0 Å². The van der Waals surface area contributed by atoms with Crippen LogP contribution in [0.15, 0.2) is 35.5 Å². The van der Waals surface area contributed by atoms with Crippen molar-refractivity contribution in [2.45, 2.75) is 12.7 Å². The summed E-state index contributed by atoms with van der Waals surface area (Å²) in [6, 6.07) is 11.2. The highest BCUT2D eigenvalue weighted by Crippen LogP contribution is 2.06. The largest absolute Gasteiger partial charge is 0.389 e. The van der Waals surface area contributed by atoms with Crippen LogP contribution >= 0.6 is 0 Å². The Balaban J connectivity index is 1.89. The number of nitriles is 1. The minimum atomic E-state index is -0.391. The summed E-state index contributed by atoms with van der Waals surface area (Å²) in [6.07, 6.45) is 0.506. The Hall–Kier alpha value is -1.90. The Labute approximate surface area is 106 Å². The summed E-state index contributed by atoms with van der Waals surface area (Å²) in [5.74, 6) is 0. The average Bonchev–Trinajstić information content (AvgIpc) is 2.46. The molecule has 0 N–H and O–H groups in total. The molecule has 0 amide bonds. The van der Waals surface area contributed by atoms with E-state index in [2.05, 4.69) is 5.16 Å². The summed E-state index contributed by atoms with van der Waals surface area (Å²) in [6.45, 7) is 1.53. The number of nitrogens with zero attached hydrogens (tertiary/aromatic N) is 2. The van der Waals surface area contributed by atoms with Crippen LogP contribution in [0.3, 0.4) is 0 Å². The molecule has 18 heavy (non-hydrogen) atoms. The van der Waals surface area contributed by atoms with Gasteiger partial charge in [-0.25, -0.2) is 0 Å². The summed E-state index contributed by atoms with van der Waals surface area (Å²) in [7, 11) is 0. The standard InChI is InChI=1S/C13H14N2O3/c14-9-12(11-5-2-1-3-6-11)15-18-10-13-16-7-4-8-17-13/h1-3,5-6,13H,4,7-8,10H2/b15-12+. The maximum Gasteiger partial charge on any atom is 0.194 e. The molecule has 0 radical (unpaired) electrons. The predicted molar refractivity (Wildman–Crippen MR) is 64.9 cm³/mol. The van der Waals surface area contributed by atoms with Crippen LogP contribution in [0.1, 0.15) is 12.0 Å². The van der Waals surface area contributed by atoms with Gasteiger partial charge in [0, 0.05) is 5.56 Å². The van der Waals surface area contributed by atoms with Crippen LogP contribution in [0, 0.1) is 11.3 Å². The highest BCUT2D eigenvalue weighted by Gasteiger charge is 2.14. The van der Waals surface area contributed by atoms with Crippen molar-refractivity contribution < 1.29 is 14.3 Å². The van der Waals surface area contributed by atoms with E-state index in [1.807, 2.05) is 24.3 Å². The van der Waals surface area contributed by atoms with Gasteiger partial charge in [-0.3, -0.25) is 0 Å². The van der Waals surface area contributed by atoms with Gasteiger partial charge in [-0.1, -0.05) is 35.5 Å². The zero-order valence-corrected chi connectivity index (χ0v) is 9.91. The van der Waals surface area contributed by atoms with E-state index in [1.54, 1.807) is 12.1 Å². The quantitative estimate of drug-likeness (QED) is 0.599. The fourth-order valence-electron chi connectivity index (χ4n) is 1.53. The maximum absolute atomic E-state index is 8.99. The van der Waals surface area contributed by atoms with Crippen LogP contribution in [0.5, 0.6) is 0 Å². The van der Waals surface area contributed by atoms with E-state index in [-0.39, 0.29) is 12.3 Å². The van der Waals surface area contributed by atoms with E-state index in [9.17, 15) is 0 Å². The topological polar surface area (TPSA) is 63.8 Å². The molecule has 1 saturated heterocycles. The van der Waals surface area contributed by atoms with E-state index in [0.717, 1.165) is 12.0 Å². The molecule has 1 heterocycles. The monoisotopic (exact) mass is 246 g/mol. The number of hydrogen-bond acceptors (Lipinski definition) is 5. The molecule has 1 aliphatic heterocycles. The van der Waals surface area contributed by atoms with Gasteiger partial charge in [0.2, 0.25) is 0 Å². The van der Waals surface area contributed by atoms with Crippen molar-refractivity contribution in [3.63, 3.8) is 0 Å². The molecule has 0 aromatic heterocycles. The molecular formula is C13H14N2O3. The second-order valence-corrected chi connectivity index (χ2v) is 3.74. The fraction of sp³-hybridized carbons (Fsp3) is 0.385. The Morgan fingerprint density at radius 2 is 2.06 bits per heavy atom. The number of rotatable bonds is 4. The summed E-state index contributed by atoms with van der Waals surface area (Å²) in [5.41, 5.74) is 0.969. The number of benzene rings is 1. The second-order valence-electron chi connectivity index (χ2n) is 3.74. The summed E-state index contributed by atoms with van der Waals surface area (Å²) in [4.78, 5) is 5.10. The van der Waals surface area contributed by atoms with Gasteiger partial charge >= 0.3 is 0 Å². The lowest BCUT2D eigenvalue weighted by molar-refractivity contribution is -0.202. The Morgan fingerprint density at radius 3 is 2.72 bits per heavy atom. The lowest BCUT2D eigenvalue weighted by atomic mass is 10.1. The second kappa shape index (κ2) is 6.74. The van der Waals surface area contributed by atoms with Crippen molar-refractivity contribution in [3.8, 4) is 6.07 Å². The number of oxime groups is 1. The summed E-state index contributed by atoms with van der Waals surface area (Å²) < 4.78 is 10.6. The van der Waals surface area contributed by atoms with Crippen LogP contribution in [-0.4, -0.2) is 31.8 Å². The molecular weight excluding hydrogens is 232 g/mol. The van der Waals surface area contributed by atoms with Gasteiger partial charge in [-0.2, -0.15) is 5.26 Å². The molecule has 5 nitrogen and oxygen atoms in total. The third kappa shape index (κ3) is 3.55. The van der Waals surface area contributed by atoms with Crippen LogP contribution in [0.2, 0.25) is 0 Å². The molecule has 0 bridgehead atoms. The van der Waals surface area contributed by atoms with Gasteiger partial charge < -0.3 is 14.3 Å². The number of ether oxygens (including phenoxy) is 2. The Bertz CT molecular complexity index is 433. The first-order valence-electron chi connectivity index (χ1n) is 5.79. The molecule has 1 aliphatic rings.